The zero-order chi connectivity index (χ0) is 39.6. The molecule has 0 saturated heterocycles. The van der Waals surface area contributed by atoms with E-state index < -0.39 is 12.1 Å². The van der Waals surface area contributed by atoms with Gasteiger partial charge in [-0.3, -0.25) is 0 Å². The summed E-state index contributed by atoms with van der Waals surface area (Å²) in [5.41, 5.74) is 7.77. The molecule has 3 aromatic heterocycles. The van der Waals surface area contributed by atoms with Crippen LogP contribution in [0.15, 0.2) is 186 Å². The number of benzene rings is 8. The Bertz CT molecular complexity index is 3530. The number of rotatable bonds is 4. The molecular weight excluding hydrogens is 621 g/mol. The molecule has 51 heavy (non-hydrogen) atoms. The van der Waals surface area contributed by atoms with Crippen molar-refractivity contribution in [3.05, 3.63) is 182 Å². The second-order valence-electron chi connectivity index (χ2n) is 12.7. The zero-order valence-corrected chi connectivity index (χ0v) is 27.1. The van der Waals surface area contributed by atoms with Crippen molar-refractivity contribution in [3.63, 3.8) is 0 Å². The fourth-order valence-corrected chi connectivity index (χ4v) is 7.78. The third-order valence-electron chi connectivity index (χ3n) is 9.96. The van der Waals surface area contributed by atoms with E-state index in [1.165, 1.54) is 0 Å². The van der Waals surface area contributed by atoms with Gasteiger partial charge in [0.2, 0.25) is 0 Å². The van der Waals surface area contributed by atoms with Crippen molar-refractivity contribution in [2.24, 2.45) is 0 Å². The fraction of sp³-hybridized carbons (Fsp3) is 0. The summed E-state index contributed by atoms with van der Waals surface area (Å²) in [5.74, 6) is 0. The lowest BCUT2D eigenvalue weighted by atomic mass is 9.97. The highest BCUT2D eigenvalue weighted by atomic mass is 16.3. The molecule has 0 aliphatic carbocycles. The van der Waals surface area contributed by atoms with Crippen LogP contribution >= 0.6 is 0 Å². The lowest BCUT2D eigenvalue weighted by molar-refractivity contribution is 0.669. The minimum absolute atomic E-state index is 0.0940. The third kappa shape index (κ3) is 4.12. The van der Waals surface area contributed by atoms with Crippen molar-refractivity contribution >= 4 is 65.6 Å². The molecule has 0 spiro atoms. The van der Waals surface area contributed by atoms with Crippen LogP contribution in [0.5, 0.6) is 0 Å². The van der Waals surface area contributed by atoms with Crippen LogP contribution < -0.4 is 0 Å². The highest BCUT2D eigenvalue weighted by Crippen LogP contribution is 2.42. The number of para-hydroxylation sites is 3. The first kappa shape index (κ1) is 22.0. The van der Waals surface area contributed by atoms with Crippen LogP contribution in [0, 0.1) is 0 Å². The van der Waals surface area contributed by atoms with Gasteiger partial charge in [0.05, 0.1) is 42.7 Å². The van der Waals surface area contributed by atoms with Gasteiger partial charge in [-0.15, -0.1) is 0 Å². The average Bonchev–Trinajstić information content (AvgIpc) is 3.93. The lowest BCUT2D eigenvalue weighted by Crippen LogP contribution is -1.94. The Kier molecular flexibility index (Phi) is 4.67. The third-order valence-corrected chi connectivity index (χ3v) is 9.96. The van der Waals surface area contributed by atoms with Crippen LogP contribution in [-0.4, -0.2) is 9.13 Å². The van der Waals surface area contributed by atoms with Crippen LogP contribution in [-0.2, 0) is 0 Å². The quantitative estimate of drug-likeness (QED) is 0.185. The minimum Gasteiger partial charge on any atom is -0.456 e. The van der Waals surface area contributed by atoms with Gasteiger partial charge in [0.15, 0.2) is 0 Å². The van der Waals surface area contributed by atoms with E-state index in [1.807, 2.05) is 91.0 Å². The number of hydrogen-bond donors (Lipinski definition) is 0. The van der Waals surface area contributed by atoms with E-state index in [9.17, 15) is 6.85 Å². The highest BCUT2D eigenvalue weighted by molar-refractivity contribution is 6.18. The molecular formula is C48H30N2O. The van der Waals surface area contributed by atoms with Gasteiger partial charge in [0.1, 0.15) is 11.2 Å². The minimum atomic E-state index is -0.436. The molecule has 8 aromatic carbocycles. The maximum absolute atomic E-state index is 9.92. The molecule has 0 aliphatic rings. The molecule has 3 heteroatoms. The number of hydrogen-bond acceptors (Lipinski definition) is 1. The predicted molar refractivity (Wildman–Crippen MR) is 213 cm³/mol. The molecule has 3 heterocycles. The van der Waals surface area contributed by atoms with Crippen LogP contribution in [0.3, 0.4) is 0 Å². The monoisotopic (exact) mass is 657 g/mol. The maximum Gasteiger partial charge on any atom is 0.137 e. The molecule has 0 saturated carbocycles. The second-order valence-corrected chi connectivity index (χ2v) is 12.7. The number of nitrogens with zero attached hydrogens (tertiary/aromatic N) is 2. The summed E-state index contributed by atoms with van der Waals surface area (Å²) in [6.07, 6.45) is 0. The van der Waals surface area contributed by atoms with E-state index in [0.717, 1.165) is 44.0 Å². The average molecular weight is 658 g/mol. The molecule has 3 nitrogen and oxygen atoms in total. The SMILES string of the molecule is [2H]c1c([2H])c([2H])c2c(c1[2H])c1c([2H])c(-c3ccc4c(c3)c3c(-c5ccccc5)cccc3n4-c3ccccc3)c([2H])c([2H])c1n2-c1cccc2oc3ccccc3c12. The number of fused-ring (bicyclic) bond motifs is 9. The predicted octanol–water partition coefficient (Wildman–Crippen LogP) is 13.1. The van der Waals surface area contributed by atoms with E-state index in [2.05, 4.69) is 47.0 Å². The van der Waals surface area contributed by atoms with E-state index in [1.54, 1.807) is 10.6 Å². The lowest BCUT2D eigenvalue weighted by Gasteiger charge is -2.10. The summed E-state index contributed by atoms with van der Waals surface area (Å²) in [6, 6.07) is 43.5. The summed E-state index contributed by atoms with van der Waals surface area (Å²) < 4.78 is 75.2. The van der Waals surface area contributed by atoms with Gasteiger partial charge in [-0.05, 0) is 88.9 Å². The first-order chi connectivity index (χ1) is 28.2. The van der Waals surface area contributed by atoms with Crippen LogP contribution in [0.1, 0.15) is 9.60 Å². The van der Waals surface area contributed by atoms with Crippen LogP contribution in [0.25, 0.3) is 99.2 Å². The molecule has 0 N–H and O–H groups in total. The standard InChI is InChI=1S/C48H30N2O/c1-3-13-31(14-4-1)35-19-11-21-43-47(35)39-30-33(26-28-42(39)49(43)34-15-5-2-6-16-34)32-25-27-41-38(29-32)36-17-7-9-20-40(36)50(41)44-22-12-24-46-48(44)37-18-8-10-23-45(37)51-46/h1-30H/i7D,9D,17D,20D,25D,27D,29D. The summed E-state index contributed by atoms with van der Waals surface area (Å²) in [7, 11) is 0. The molecule has 0 amide bonds. The van der Waals surface area contributed by atoms with Crippen molar-refractivity contribution in [1.29, 1.82) is 0 Å². The fourth-order valence-electron chi connectivity index (χ4n) is 7.78. The van der Waals surface area contributed by atoms with E-state index in [0.29, 0.717) is 27.8 Å². The van der Waals surface area contributed by atoms with Crippen molar-refractivity contribution in [1.82, 2.24) is 9.13 Å². The summed E-state index contributed by atoms with van der Waals surface area (Å²) in [6.45, 7) is 0. The largest absolute Gasteiger partial charge is 0.456 e. The second kappa shape index (κ2) is 10.8. The van der Waals surface area contributed by atoms with Gasteiger partial charge in [0.25, 0.3) is 0 Å². The van der Waals surface area contributed by atoms with Crippen LogP contribution in [0.4, 0.5) is 0 Å². The van der Waals surface area contributed by atoms with Gasteiger partial charge in [-0.25, -0.2) is 0 Å². The molecule has 0 bridgehead atoms. The molecule has 11 rings (SSSR count). The zero-order valence-electron chi connectivity index (χ0n) is 34.1. The molecule has 0 radical (unpaired) electrons. The van der Waals surface area contributed by atoms with E-state index in [4.69, 9.17) is 7.16 Å². The summed E-state index contributed by atoms with van der Waals surface area (Å²) in [5, 5.41) is 3.70. The topological polar surface area (TPSA) is 23.0 Å². The Morgan fingerprint density at radius 2 is 1.20 bits per heavy atom. The maximum atomic E-state index is 9.92. The van der Waals surface area contributed by atoms with E-state index >= 15 is 0 Å². The smallest absolute Gasteiger partial charge is 0.137 e. The Labute approximate surface area is 303 Å². The van der Waals surface area contributed by atoms with Crippen LogP contribution in [0.2, 0.25) is 0 Å². The number of aromatic nitrogens is 2. The van der Waals surface area contributed by atoms with Gasteiger partial charge < -0.3 is 13.6 Å². The summed E-state index contributed by atoms with van der Waals surface area (Å²) >= 11 is 0. The Balaban J connectivity index is 1.27. The molecule has 238 valence electrons. The molecule has 0 atom stereocenters. The van der Waals surface area contributed by atoms with Crippen molar-refractivity contribution < 1.29 is 14.0 Å². The van der Waals surface area contributed by atoms with E-state index in [-0.39, 0.29) is 57.6 Å². The molecule has 0 aliphatic heterocycles. The number of furan rings is 1. The van der Waals surface area contributed by atoms with Gasteiger partial charge in [0, 0.05) is 32.6 Å². The van der Waals surface area contributed by atoms with Crippen molar-refractivity contribution in [2.75, 3.05) is 0 Å². The summed E-state index contributed by atoms with van der Waals surface area (Å²) in [4.78, 5) is 0. The normalized spacial score (nSPS) is 13.8. The highest BCUT2D eigenvalue weighted by Gasteiger charge is 2.20. The molecule has 0 fully saturated rings. The first-order valence-corrected chi connectivity index (χ1v) is 16.9. The van der Waals surface area contributed by atoms with Gasteiger partial charge >= 0.3 is 0 Å². The molecule has 11 aromatic rings. The van der Waals surface area contributed by atoms with Gasteiger partial charge in [-0.2, -0.15) is 0 Å². The molecule has 0 unspecified atom stereocenters. The van der Waals surface area contributed by atoms with Crippen molar-refractivity contribution in [3.8, 4) is 33.6 Å². The Morgan fingerprint density at radius 1 is 0.431 bits per heavy atom. The van der Waals surface area contributed by atoms with Gasteiger partial charge in [-0.1, -0.05) is 115 Å². The first-order valence-electron chi connectivity index (χ1n) is 20.4. The Hall–Kier alpha value is -6.84. The van der Waals surface area contributed by atoms with Crippen molar-refractivity contribution in [2.45, 2.75) is 0 Å². The Morgan fingerprint density at radius 3 is 2.10 bits per heavy atom.